The van der Waals surface area contributed by atoms with Crippen LogP contribution in [0.1, 0.15) is 45.6 Å². The monoisotopic (exact) mass is 309 g/mol. The first-order valence-electron chi connectivity index (χ1n) is 7.79. The van der Waals surface area contributed by atoms with Crippen molar-refractivity contribution in [3.63, 3.8) is 0 Å². The minimum absolute atomic E-state index is 0.0678. The molecule has 1 aromatic carbocycles. The highest BCUT2D eigenvalue weighted by Crippen LogP contribution is 2.45. The average molecular weight is 309 g/mol. The molecule has 0 saturated heterocycles. The van der Waals surface area contributed by atoms with Crippen molar-refractivity contribution in [3.8, 4) is 0 Å². The summed E-state index contributed by atoms with van der Waals surface area (Å²) in [6.45, 7) is 10.6. The van der Waals surface area contributed by atoms with Gasteiger partial charge in [0.25, 0.3) is 0 Å². The van der Waals surface area contributed by atoms with Crippen LogP contribution in [0.4, 0.5) is 0 Å². The smallest absolute Gasteiger partial charge is 0.179 e. The largest absolute Gasteiger partial charge is 0.316 e. The summed E-state index contributed by atoms with van der Waals surface area (Å²) in [5.74, 6) is 0.653. The number of fused-ring (bicyclic) bond motifs is 1. The minimum atomic E-state index is -3.12. The molecule has 118 valence electrons. The van der Waals surface area contributed by atoms with Crippen molar-refractivity contribution in [2.24, 2.45) is 11.3 Å². The van der Waals surface area contributed by atoms with Gasteiger partial charge in [-0.05, 0) is 42.5 Å². The lowest BCUT2D eigenvalue weighted by atomic mass is 9.71. The molecule has 0 amide bonds. The molecule has 0 spiro atoms. The highest BCUT2D eigenvalue weighted by Gasteiger charge is 2.42. The predicted octanol–water partition coefficient (Wildman–Crippen LogP) is 3.22. The van der Waals surface area contributed by atoms with Gasteiger partial charge in [0.2, 0.25) is 0 Å². The van der Waals surface area contributed by atoms with Gasteiger partial charge in [-0.1, -0.05) is 45.9 Å². The van der Waals surface area contributed by atoms with Crippen LogP contribution in [-0.2, 0) is 9.84 Å². The molecule has 4 heteroatoms. The summed E-state index contributed by atoms with van der Waals surface area (Å²) >= 11 is 0. The van der Waals surface area contributed by atoms with Crippen molar-refractivity contribution < 1.29 is 8.42 Å². The molecule has 0 radical (unpaired) electrons. The summed E-state index contributed by atoms with van der Waals surface area (Å²) in [6.07, 6.45) is 1.09. The van der Waals surface area contributed by atoms with E-state index in [0.29, 0.717) is 10.8 Å². The van der Waals surface area contributed by atoms with E-state index in [0.717, 1.165) is 25.1 Å². The molecule has 1 N–H and O–H groups in total. The number of rotatable bonds is 5. The molecular weight excluding hydrogens is 282 g/mol. The average Bonchev–Trinajstić information content (AvgIpc) is 2.66. The topological polar surface area (TPSA) is 46.2 Å². The van der Waals surface area contributed by atoms with Crippen LogP contribution >= 0.6 is 0 Å². The van der Waals surface area contributed by atoms with Crippen LogP contribution in [0.5, 0.6) is 0 Å². The summed E-state index contributed by atoms with van der Waals surface area (Å²) in [5, 5.41) is 3.48. The Hall–Kier alpha value is -0.870. The van der Waals surface area contributed by atoms with Crippen LogP contribution in [0, 0.1) is 11.3 Å². The first kappa shape index (κ1) is 16.5. The van der Waals surface area contributed by atoms with Crippen molar-refractivity contribution in [1.82, 2.24) is 5.32 Å². The zero-order valence-corrected chi connectivity index (χ0v) is 14.3. The molecule has 0 fully saturated rings. The first-order chi connectivity index (χ1) is 9.77. The van der Waals surface area contributed by atoms with Crippen LogP contribution < -0.4 is 5.32 Å². The Morgan fingerprint density at radius 2 is 1.95 bits per heavy atom. The summed E-state index contributed by atoms with van der Waals surface area (Å²) in [5.41, 5.74) is 1.08. The lowest BCUT2D eigenvalue weighted by Gasteiger charge is -2.35. The molecule has 1 aliphatic heterocycles. The number of benzene rings is 1. The molecular formula is C17H27NO2S. The zero-order valence-electron chi connectivity index (χ0n) is 13.5. The Morgan fingerprint density at radius 1 is 1.29 bits per heavy atom. The van der Waals surface area contributed by atoms with Gasteiger partial charge in [0.15, 0.2) is 9.84 Å². The fraction of sp³-hybridized carbons (Fsp3) is 0.647. The fourth-order valence-electron chi connectivity index (χ4n) is 3.31. The standard InChI is InChI=1S/C17H27NO2S/c1-5-10-18-11-15(17(2,3)4)14-12-21(19,20)16-9-7-6-8-13(14)16/h6-9,14-15,18H,5,10-12H2,1-4H3. The molecule has 21 heavy (non-hydrogen) atoms. The summed E-state index contributed by atoms with van der Waals surface area (Å²) in [6, 6.07) is 7.51. The third-order valence-electron chi connectivity index (χ3n) is 4.44. The van der Waals surface area contributed by atoms with Gasteiger partial charge < -0.3 is 5.32 Å². The molecule has 0 bridgehead atoms. The van der Waals surface area contributed by atoms with Crippen molar-refractivity contribution in [2.75, 3.05) is 18.8 Å². The molecule has 1 heterocycles. The van der Waals surface area contributed by atoms with E-state index in [9.17, 15) is 8.42 Å². The molecule has 0 saturated carbocycles. The number of nitrogens with one attached hydrogen (secondary N) is 1. The van der Waals surface area contributed by atoms with Crippen molar-refractivity contribution in [2.45, 2.75) is 44.9 Å². The Kier molecular flexibility index (Phi) is 4.79. The number of hydrogen-bond donors (Lipinski definition) is 1. The molecule has 0 aliphatic carbocycles. The van der Waals surface area contributed by atoms with Crippen molar-refractivity contribution in [1.29, 1.82) is 0 Å². The van der Waals surface area contributed by atoms with Crippen LogP contribution in [0.3, 0.4) is 0 Å². The number of hydrogen-bond acceptors (Lipinski definition) is 3. The van der Waals surface area contributed by atoms with Crippen molar-refractivity contribution in [3.05, 3.63) is 29.8 Å². The number of sulfone groups is 1. The van der Waals surface area contributed by atoms with Gasteiger partial charge in [-0.15, -0.1) is 0 Å². The van der Waals surface area contributed by atoms with Crippen LogP contribution in [0.15, 0.2) is 29.2 Å². The van der Waals surface area contributed by atoms with Gasteiger partial charge in [0.1, 0.15) is 0 Å². The molecule has 2 atom stereocenters. The molecule has 0 aromatic heterocycles. The van der Waals surface area contributed by atoms with Gasteiger partial charge >= 0.3 is 0 Å². The second-order valence-electron chi connectivity index (χ2n) is 7.10. The van der Waals surface area contributed by atoms with Crippen LogP contribution in [-0.4, -0.2) is 27.3 Å². The normalized spacial score (nSPS) is 22.0. The minimum Gasteiger partial charge on any atom is -0.316 e. The van der Waals surface area contributed by atoms with Gasteiger partial charge in [-0.25, -0.2) is 8.42 Å². The maximum Gasteiger partial charge on any atom is 0.179 e. The third-order valence-corrected chi connectivity index (χ3v) is 6.28. The van der Waals surface area contributed by atoms with Crippen LogP contribution in [0.25, 0.3) is 0 Å². The Morgan fingerprint density at radius 3 is 2.57 bits per heavy atom. The summed E-state index contributed by atoms with van der Waals surface area (Å²) < 4.78 is 24.8. The van der Waals surface area contributed by atoms with Crippen molar-refractivity contribution >= 4 is 9.84 Å². The third kappa shape index (κ3) is 3.49. The highest BCUT2D eigenvalue weighted by atomic mass is 32.2. The maximum absolute atomic E-state index is 12.4. The van der Waals surface area contributed by atoms with E-state index in [1.807, 2.05) is 18.2 Å². The first-order valence-corrected chi connectivity index (χ1v) is 9.45. The summed E-state index contributed by atoms with van der Waals surface area (Å²) in [7, 11) is -3.12. The zero-order chi connectivity index (χ0) is 15.7. The van der Waals surface area contributed by atoms with E-state index in [1.165, 1.54) is 0 Å². The molecule has 3 nitrogen and oxygen atoms in total. The lowest BCUT2D eigenvalue weighted by molar-refractivity contribution is 0.203. The lowest BCUT2D eigenvalue weighted by Crippen LogP contribution is -2.37. The molecule has 2 unspecified atom stereocenters. The van der Waals surface area contributed by atoms with E-state index in [4.69, 9.17) is 0 Å². The molecule has 2 rings (SSSR count). The van der Waals surface area contributed by atoms with E-state index in [-0.39, 0.29) is 17.1 Å². The van der Waals surface area contributed by atoms with Gasteiger partial charge in [-0.2, -0.15) is 0 Å². The van der Waals surface area contributed by atoms with Gasteiger partial charge in [0, 0.05) is 5.92 Å². The highest BCUT2D eigenvalue weighted by molar-refractivity contribution is 7.91. The van der Waals surface area contributed by atoms with E-state index >= 15 is 0 Å². The van der Waals surface area contributed by atoms with E-state index in [2.05, 4.69) is 33.0 Å². The van der Waals surface area contributed by atoms with Gasteiger partial charge in [0.05, 0.1) is 10.6 Å². The fourth-order valence-corrected chi connectivity index (χ4v) is 5.23. The predicted molar refractivity (Wildman–Crippen MR) is 87.3 cm³/mol. The molecule has 1 aromatic rings. The van der Waals surface area contributed by atoms with Gasteiger partial charge in [-0.3, -0.25) is 0 Å². The molecule has 1 aliphatic rings. The van der Waals surface area contributed by atoms with E-state index < -0.39 is 9.84 Å². The SMILES string of the molecule is CCCNCC(C1CS(=O)(=O)c2ccccc21)C(C)(C)C. The maximum atomic E-state index is 12.4. The Bertz CT molecular complexity index is 587. The summed E-state index contributed by atoms with van der Waals surface area (Å²) in [4.78, 5) is 0.541. The van der Waals surface area contributed by atoms with Crippen LogP contribution in [0.2, 0.25) is 0 Å². The van der Waals surface area contributed by atoms with E-state index in [1.54, 1.807) is 6.07 Å². The second-order valence-corrected chi connectivity index (χ2v) is 9.11. The quantitative estimate of drug-likeness (QED) is 0.850. The Labute approximate surface area is 129 Å². The second kappa shape index (κ2) is 6.09. The Balaban J connectivity index is 2.34.